The normalized spacial score (nSPS) is 16.9. The summed E-state index contributed by atoms with van der Waals surface area (Å²) in [5.41, 5.74) is 0. The third-order valence-corrected chi connectivity index (χ3v) is 2.42. The van der Waals surface area contributed by atoms with Gasteiger partial charge in [0.15, 0.2) is 0 Å². The van der Waals surface area contributed by atoms with Gasteiger partial charge >= 0.3 is 0 Å². The molecule has 0 aliphatic rings. The van der Waals surface area contributed by atoms with Crippen LogP contribution in [0.4, 0.5) is 0 Å². The number of hydrogen-bond acceptors (Lipinski definition) is 1. The van der Waals surface area contributed by atoms with Crippen LogP contribution in [0.15, 0.2) is 0 Å². The Morgan fingerprint density at radius 2 is 1.64 bits per heavy atom. The van der Waals surface area contributed by atoms with Crippen LogP contribution < -0.4 is 0 Å². The second kappa shape index (κ2) is 5.59. The standard InChI is InChI=1S/C10H22O/c1-5-10(8(2)3)7-6-9(4)11/h8-11H,5-7H2,1-4H3. The number of hydrogen-bond donors (Lipinski definition) is 1. The molecule has 0 saturated carbocycles. The average molecular weight is 158 g/mol. The number of aliphatic hydroxyl groups excluding tert-OH is 1. The minimum absolute atomic E-state index is 0.122. The molecule has 0 bridgehead atoms. The van der Waals surface area contributed by atoms with Crippen molar-refractivity contribution >= 4 is 0 Å². The van der Waals surface area contributed by atoms with Gasteiger partial charge in [-0.05, 0) is 31.6 Å². The molecular formula is C10H22O. The smallest absolute Gasteiger partial charge is 0.0512 e. The maximum absolute atomic E-state index is 9.08. The van der Waals surface area contributed by atoms with Gasteiger partial charge in [-0.25, -0.2) is 0 Å². The molecule has 0 heterocycles. The predicted octanol–water partition coefficient (Wildman–Crippen LogP) is 2.83. The molecule has 1 nitrogen and oxygen atoms in total. The lowest BCUT2D eigenvalue weighted by Crippen LogP contribution is -2.10. The molecule has 0 spiro atoms. The quantitative estimate of drug-likeness (QED) is 0.652. The SMILES string of the molecule is CCC(CCC(C)O)C(C)C. The molecule has 2 unspecified atom stereocenters. The van der Waals surface area contributed by atoms with Gasteiger partial charge in [0, 0.05) is 0 Å². The van der Waals surface area contributed by atoms with Gasteiger partial charge in [0.05, 0.1) is 6.10 Å². The summed E-state index contributed by atoms with van der Waals surface area (Å²) in [5, 5.41) is 9.08. The van der Waals surface area contributed by atoms with Crippen molar-refractivity contribution < 1.29 is 5.11 Å². The van der Waals surface area contributed by atoms with Crippen molar-refractivity contribution in [1.29, 1.82) is 0 Å². The van der Waals surface area contributed by atoms with Crippen LogP contribution in [0.25, 0.3) is 0 Å². The van der Waals surface area contributed by atoms with Crippen molar-refractivity contribution in [1.82, 2.24) is 0 Å². The van der Waals surface area contributed by atoms with Crippen molar-refractivity contribution in [2.75, 3.05) is 0 Å². The first-order valence-electron chi connectivity index (χ1n) is 4.76. The predicted molar refractivity (Wildman–Crippen MR) is 49.5 cm³/mol. The third kappa shape index (κ3) is 5.25. The molecule has 0 radical (unpaired) electrons. The van der Waals surface area contributed by atoms with E-state index in [1.807, 2.05) is 6.92 Å². The van der Waals surface area contributed by atoms with E-state index in [0.717, 1.165) is 18.3 Å². The Balaban J connectivity index is 3.52. The molecule has 0 aliphatic carbocycles. The van der Waals surface area contributed by atoms with E-state index in [1.54, 1.807) is 0 Å². The Labute approximate surface area is 70.8 Å². The molecule has 1 heteroatoms. The lowest BCUT2D eigenvalue weighted by molar-refractivity contribution is 0.166. The summed E-state index contributed by atoms with van der Waals surface area (Å²) in [6.07, 6.45) is 3.25. The molecule has 0 aromatic rings. The average Bonchev–Trinajstić information content (AvgIpc) is 1.87. The van der Waals surface area contributed by atoms with Crippen molar-refractivity contribution in [3.05, 3.63) is 0 Å². The maximum Gasteiger partial charge on any atom is 0.0512 e. The Bertz CT molecular complexity index is 86.9. The molecule has 0 rings (SSSR count). The van der Waals surface area contributed by atoms with Gasteiger partial charge in [0.25, 0.3) is 0 Å². The van der Waals surface area contributed by atoms with Gasteiger partial charge in [-0.15, -0.1) is 0 Å². The fraction of sp³-hybridized carbons (Fsp3) is 1.00. The van der Waals surface area contributed by atoms with E-state index in [2.05, 4.69) is 20.8 Å². The maximum atomic E-state index is 9.08. The first-order chi connectivity index (χ1) is 5.07. The summed E-state index contributed by atoms with van der Waals surface area (Å²) < 4.78 is 0. The van der Waals surface area contributed by atoms with Crippen LogP contribution in [-0.2, 0) is 0 Å². The molecular weight excluding hydrogens is 136 g/mol. The zero-order valence-corrected chi connectivity index (χ0v) is 8.30. The molecule has 0 saturated heterocycles. The molecule has 0 aliphatic heterocycles. The fourth-order valence-electron chi connectivity index (χ4n) is 1.46. The largest absolute Gasteiger partial charge is 0.393 e. The Morgan fingerprint density at radius 3 is 1.91 bits per heavy atom. The highest BCUT2D eigenvalue weighted by molar-refractivity contribution is 4.62. The van der Waals surface area contributed by atoms with E-state index >= 15 is 0 Å². The van der Waals surface area contributed by atoms with Gasteiger partial charge in [-0.1, -0.05) is 27.2 Å². The summed E-state index contributed by atoms with van der Waals surface area (Å²) in [6.45, 7) is 8.62. The van der Waals surface area contributed by atoms with Crippen LogP contribution in [0.5, 0.6) is 0 Å². The highest BCUT2D eigenvalue weighted by atomic mass is 16.3. The molecule has 0 fully saturated rings. The van der Waals surface area contributed by atoms with Gasteiger partial charge in [-0.3, -0.25) is 0 Å². The molecule has 2 atom stereocenters. The molecule has 1 N–H and O–H groups in total. The topological polar surface area (TPSA) is 20.2 Å². The van der Waals surface area contributed by atoms with Crippen molar-refractivity contribution in [3.8, 4) is 0 Å². The van der Waals surface area contributed by atoms with Crippen molar-refractivity contribution in [3.63, 3.8) is 0 Å². The highest BCUT2D eigenvalue weighted by Gasteiger charge is 2.11. The van der Waals surface area contributed by atoms with Gasteiger partial charge in [0.2, 0.25) is 0 Å². The summed E-state index contributed by atoms with van der Waals surface area (Å²) >= 11 is 0. The first kappa shape index (κ1) is 11.0. The third-order valence-electron chi connectivity index (χ3n) is 2.42. The van der Waals surface area contributed by atoms with Crippen molar-refractivity contribution in [2.45, 2.75) is 53.1 Å². The zero-order valence-electron chi connectivity index (χ0n) is 8.30. The molecule has 0 aromatic heterocycles. The van der Waals surface area contributed by atoms with Crippen LogP contribution in [0.1, 0.15) is 47.0 Å². The van der Waals surface area contributed by atoms with Gasteiger partial charge in [-0.2, -0.15) is 0 Å². The van der Waals surface area contributed by atoms with E-state index in [4.69, 9.17) is 5.11 Å². The second-order valence-electron chi connectivity index (χ2n) is 3.84. The van der Waals surface area contributed by atoms with E-state index in [0.29, 0.717) is 0 Å². The molecule has 68 valence electrons. The van der Waals surface area contributed by atoms with Crippen LogP contribution >= 0.6 is 0 Å². The van der Waals surface area contributed by atoms with E-state index < -0.39 is 0 Å². The Hall–Kier alpha value is -0.0400. The Morgan fingerprint density at radius 1 is 1.09 bits per heavy atom. The summed E-state index contributed by atoms with van der Waals surface area (Å²) in [6, 6.07) is 0. The zero-order chi connectivity index (χ0) is 8.85. The first-order valence-corrected chi connectivity index (χ1v) is 4.76. The fourth-order valence-corrected chi connectivity index (χ4v) is 1.46. The minimum Gasteiger partial charge on any atom is -0.393 e. The van der Waals surface area contributed by atoms with Gasteiger partial charge in [0.1, 0.15) is 0 Å². The van der Waals surface area contributed by atoms with Crippen molar-refractivity contribution in [2.24, 2.45) is 11.8 Å². The molecule has 11 heavy (non-hydrogen) atoms. The van der Waals surface area contributed by atoms with Crippen LogP contribution in [-0.4, -0.2) is 11.2 Å². The summed E-state index contributed by atoms with van der Waals surface area (Å²) in [7, 11) is 0. The molecule has 0 aromatic carbocycles. The van der Waals surface area contributed by atoms with Crippen LogP contribution in [0.3, 0.4) is 0 Å². The summed E-state index contributed by atoms with van der Waals surface area (Å²) in [5.74, 6) is 1.56. The highest BCUT2D eigenvalue weighted by Crippen LogP contribution is 2.21. The van der Waals surface area contributed by atoms with Gasteiger partial charge < -0.3 is 5.11 Å². The lowest BCUT2D eigenvalue weighted by Gasteiger charge is -2.19. The van der Waals surface area contributed by atoms with Crippen LogP contribution in [0, 0.1) is 11.8 Å². The minimum atomic E-state index is -0.122. The molecule has 0 amide bonds. The Kier molecular flexibility index (Phi) is 5.57. The van der Waals surface area contributed by atoms with Crippen LogP contribution in [0.2, 0.25) is 0 Å². The van der Waals surface area contributed by atoms with E-state index in [-0.39, 0.29) is 6.10 Å². The summed E-state index contributed by atoms with van der Waals surface area (Å²) in [4.78, 5) is 0. The number of rotatable bonds is 5. The van der Waals surface area contributed by atoms with E-state index in [1.165, 1.54) is 12.8 Å². The lowest BCUT2D eigenvalue weighted by atomic mass is 9.88. The monoisotopic (exact) mass is 158 g/mol. The second-order valence-corrected chi connectivity index (χ2v) is 3.84. The number of aliphatic hydroxyl groups is 1. The van der Waals surface area contributed by atoms with E-state index in [9.17, 15) is 0 Å².